The van der Waals surface area contributed by atoms with Crippen molar-refractivity contribution in [2.75, 3.05) is 5.32 Å². The van der Waals surface area contributed by atoms with Crippen molar-refractivity contribution in [3.05, 3.63) is 51.5 Å². The average Bonchev–Trinajstić information content (AvgIpc) is 2.84. The molecule has 0 radical (unpaired) electrons. The Morgan fingerprint density at radius 2 is 2.15 bits per heavy atom. The Hall–Kier alpha value is -2.12. The fourth-order valence-corrected chi connectivity index (χ4v) is 2.71. The van der Waals surface area contributed by atoms with Gasteiger partial charge in [0.1, 0.15) is 4.99 Å². The van der Waals surface area contributed by atoms with Crippen LogP contribution in [0.4, 0.5) is 5.13 Å². The Morgan fingerprint density at radius 3 is 2.90 bits per heavy atom. The summed E-state index contributed by atoms with van der Waals surface area (Å²) in [5.74, 6) is 0.344. The zero-order valence-corrected chi connectivity index (χ0v) is 12.1. The van der Waals surface area contributed by atoms with Crippen molar-refractivity contribution in [1.29, 1.82) is 0 Å². The lowest BCUT2D eigenvalue weighted by Crippen LogP contribution is -2.20. The fraction of sp³-hybridized carbons (Fsp3) is 0.0769. The maximum atomic E-state index is 12.0. The van der Waals surface area contributed by atoms with Gasteiger partial charge in [-0.3, -0.25) is 4.79 Å². The van der Waals surface area contributed by atoms with Crippen molar-refractivity contribution in [1.82, 2.24) is 15.0 Å². The first-order valence-corrected chi connectivity index (χ1v) is 7.15. The largest absolute Gasteiger partial charge is 0.319 e. The van der Waals surface area contributed by atoms with Crippen molar-refractivity contribution in [2.24, 2.45) is 0 Å². The molecule has 20 heavy (non-hydrogen) atoms. The van der Waals surface area contributed by atoms with Gasteiger partial charge in [-0.1, -0.05) is 24.4 Å². The highest BCUT2D eigenvalue weighted by atomic mass is 32.1. The zero-order valence-electron chi connectivity index (χ0n) is 10.5. The second kappa shape index (κ2) is 5.10. The van der Waals surface area contributed by atoms with E-state index in [9.17, 15) is 4.79 Å². The molecule has 3 aromatic rings. The summed E-state index contributed by atoms with van der Waals surface area (Å²) in [4.78, 5) is 23.6. The molecule has 2 aromatic heterocycles. The smallest absolute Gasteiger partial charge is 0.259 e. The van der Waals surface area contributed by atoms with E-state index in [2.05, 4.69) is 20.3 Å². The summed E-state index contributed by atoms with van der Waals surface area (Å²) < 4.78 is 0. The molecule has 1 aromatic carbocycles. The first-order chi connectivity index (χ1) is 9.63. The number of aryl methyl sites for hydroxylation is 1. The number of H-pyrrole nitrogens is 1. The lowest BCUT2D eigenvalue weighted by molar-refractivity contribution is 1.14. The number of thiazole rings is 1. The molecule has 0 saturated carbocycles. The van der Waals surface area contributed by atoms with Gasteiger partial charge in [0.15, 0.2) is 11.0 Å². The molecule has 3 rings (SSSR count). The van der Waals surface area contributed by atoms with E-state index in [4.69, 9.17) is 12.2 Å². The van der Waals surface area contributed by atoms with Gasteiger partial charge in [0.05, 0.1) is 16.6 Å². The summed E-state index contributed by atoms with van der Waals surface area (Å²) in [5.41, 5.74) is 1.33. The van der Waals surface area contributed by atoms with Crippen LogP contribution >= 0.6 is 23.6 Å². The molecule has 0 aliphatic heterocycles. The molecule has 0 aliphatic carbocycles. The predicted molar refractivity (Wildman–Crippen MR) is 84.5 cm³/mol. The number of nitrogens with one attached hydrogen (secondary N) is 2. The summed E-state index contributed by atoms with van der Waals surface area (Å²) in [7, 11) is 0. The highest BCUT2D eigenvalue weighted by Gasteiger charge is 2.09. The standard InChI is InChI=1S/C13H10N4OS2/c1-7-6-20-13(14-7)17-12(19)10-15-9-5-3-2-4-8(9)11(18)16-10/h2-6H,1H3,(H,14,17,19)(H,15,16,18). The summed E-state index contributed by atoms with van der Waals surface area (Å²) >= 11 is 6.71. The molecule has 0 spiro atoms. The molecule has 0 bridgehead atoms. The van der Waals surface area contributed by atoms with Crippen molar-refractivity contribution in [2.45, 2.75) is 6.92 Å². The van der Waals surface area contributed by atoms with Crippen LogP contribution in [0.15, 0.2) is 34.4 Å². The zero-order chi connectivity index (χ0) is 14.1. The lowest BCUT2D eigenvalue weighted by atomic mass is 10.2. The highest BCUT2D eigenvalue weighted by molar-refractivity contribution is 7.81. The molecule has 2 N–H and O–H groups in total. The van der Waals surface area contributed by atoms with Crippen molar-refractivity contribution in [3.8, 4) is 0 Å². The number of aromatic nitrogens is 3. The SMILES string of the molecule is Cc1csc(NC(=S)c2nc3ccccc3c(=O)[nH]2)n1. The summed E-state index contributed by atoms with van der Waals surface area (Å²) in [6.07, 6.45) is 0. The lowest BCUT2D eigenvalue weighted by Gasteiger charge is -2.05. The number of para-hydroxylation sites is 1. The monoisotopic (exact) mass is 302 g/mol. The number of thiocarbonyl (C=S) groups is 1. The maximum Gasteiger partial charge on any atom is 0.259 e. The Balaban J connectivity index is 1.97. The van der Waals surface area contributed by atoms with Gasteiger partial charge in [-0.25, -0.2) is 9.97 Å². The molecule has 0 aliphatic rings. The minimum atomic E-state index is -0.204. The maximum absolute atomic E-state index is 12.0. The summed E-state index contributed by atoms with van der Waals surface area (Å²) in [6, 6.07) is 7.14. The van der Waals surface area contributed by atoms with E-state index in [0.717, 1.165) is 5.69 Å². The van der Waals surface area contributed by atoms with E-state index >= 15 is 0 Å². The second-order valence-electron chi connectivity index (χ2n) is 4.18. The van der Waals surface area contributed by atoms with Crippen molar-refractivity contribution < 1.29 is 0 Å². The van der Waals surface area contributed by atoms with Gasteiger partial charge in [-0.15, -0.1) is 11.3 Å². The Kier molecular flexibility index (Phi) is 3.29. The molecule has 5 nitrogen and oxygen atoms in total. The van der Waals surface area contributed by atoms with E-state index in [1.807, 2.05) is 18.4 Å². The third-order valence-corrected chi connectivity index (χ3v) is 3.84. The van der Waals surface area contributed by atoms with E-state index in [1.54, 1.807) is 18.2 Å². The van der Waals surface area contributed by atoms with Crippen LogP contribution in [0.5, 0.6) is 0 Å². The van der Waals surface area contributed by atoms with Crippen molar-refractivity contribution in [3.63, 3.8) is 0 Å². The van der Waals surface area contributed by atoms with Crippen LogP contribution in [0, 0.1) is 6.92 Å². The number of hydrogen-bond donors (Lipinski definition) is 2. The first-order valence-electron chi connectivity index (χ1n) is 5.86. The molecular weight excluding hydrogens is 292 g/mol. The second-order valence-corrected chi connectivity index (χ2v) is 5.45. The molecular formula is C13H10N4OS2. The molecule has 0 atom stereocenters. The van der Waals surface area contributed by atoms with E-state index < -0.39 is 0 Å². The number of rotatable bonds is 2. The van der Waals surface area contributed by atoms with Crippen LogP contribution in [0.2, 0.25) is 0 Å². The summed E-state index contributed by atoms with van der Waals surface area (Å²) in [6.45, 7) is 1.90. The third kappa shape index (κ3) is 2.45. The number of fused-ring (bicyclic) bond motifs is 1. The van der Waals surface area contributed by atoms with Gasteiger partial charge < -0.3 is 10.3 Å². The first kappa shape index (κ1) is 12.9. The minimum Gasteiger partial charge on any atom is -0.319 e. The van der Waals surface area contributed by atoms with E-state index in [-0.39, 0.29) is 5.56 Å². The van der Waals surface area contributed by atoms with Crippen LogP contribution < -0.4 is 10.9 Å². The van der Waals surface area contributed by atoms with E-state index in [0.29, 0.717) is 26.8 Å². The average molecular weight is 302 g/mol. The van der Waals surface area contributed by atoms with Gasteiger partial charge in [0, 0.05) is 5.38 Å². The van der Waals surface area contributed by atoms with Crippen LogP contribution in [-0.2, 0) is 0 Å². The number of benzene rings is 1. The Morgan fingerprint density at radius 1 is 1.35 bits per heavy atom. The molecule has 0 fully saturated rings. The third-order valence-electron chi connectivity index (χ3n) is 2.67. The minimum absolute atomic E-state index is 0.204. The topological polar surface area (TPSA) is 70.7 Å². The number of anilines is 1. The van der Waals surface area contributed by atoms with Crippen molar-refractivity contribution >= 4 is 44.6 Å². The van der Waals surface area contributed by atoms with Gasteiger partial charge >= 0.3 is 0 Å². The highest BCUT2D eigenvalue weighted by Crippen LogP contribution is 2.15. The predicted octanol–water partition coefficient (Wildman–Crippen LogP) is 2.48. The van der Waals surface area contributed by atoms with E-state index in [1.165, 1.54) is 11.3 Å². The van der Waals surface area contributed by atoms with Crippen LogP contribution in [0.3, 0.4) is 0 Å². The number of nitrogens with zero attached hydrogens (tertiary/aromatic N) is 2. The normalized spacial score (nSPS) is 10.7. The fourth-order valence-electron chi connectivity index (χ4n) is 1.76. The van der Waals surface area contributed by atoms with Gasteiger partial charge in [0.25, 0.3) is 5.56 Å². The number of aromatic amines is 1. The molecule has 0 amide bonds. The molecule has 0 saturated heterocycles. The number of hydrogen-bond acceptors (Lipinski definition) is 5. The van der Waals surface area contributed by atoms with Gasteiger partial charge in [-0.2, -0.15) is 0 Å². The molecule has 0 unspecified atom stereocenters. The van der Waals surface area contributed by atoms with Crippen LogP contribution in [0.25, 0.3) is 10.9 Å². The van der Waals surface area contributed by atoms with Crippen LogP contribution in [0.1, 0.15) is 11.5 Å². The van der Waals surface area contributed by atoms with Gasteiger partial charge in [0.2, 0.25) is 0 Å². The Bertz CT molecular complexity index is 853. The Labute approximate surface area is 123 Å². The molecule has 100 valence electrons. The summed E-state index contributed by atoms with van der Waals surface area (Å²) in [5, 5.41) is 6.12. The molecule has 7 heteroatoms. The van der Waals surface area contributed by atoms with Gasteiger partial charge in [-0.05, 0) is 19.1 Å². The quantitative estimate of drug-likeness (QED) is 0.712. The van der Waals surface area contributed by atoms with Crippen LogP contribution in [-0.4, -0.2) is 19.9 Å². The molecule has 2 heterocycles.